The molecular weight excluding hydrogens is 216 g/mol. The van der Waals surface area contributed by atoms with Crippen LogP contribution in [0.15, 0.2) is 0 Å². The summed E-state index contributed by atoms with van der Waals surface area (Å²) in [6, 6.07) is 0.680. The molecule has 0 aromatic heterocycles. The Labute approximate surface area is 105 Å². The molecular formula is C13H28N2S. The fourth-order valence-corrected chi connectivity index (χ4v) is 3.51. The molecule has 0 spiro atoms. The van der Waals surface area contributed by atoms with Crippen LogP contribution in [0.2, 0.25) is 0 Å². The van der Waals surface area contributed by atoms with E-state index in [2.05, 4.69) is 44.4 Å². The summed E-state index contributed by atoms with van der Waals surface area (Å²) in [5, 5.41) is 0. The monoisotopic (exact) mass is 244 g/mol. The van der Waals surface area contributed by atoms with Crippen LogP contribution in [0.4, 0.5) is 0 Å². The predicted octanol–water partition coefficient (Wildman–Crippen LogP) is 2.58. The summed E-state index contributed by atoms with van der Waals surface area (Å²) in [5.74, 6) is 3.30. The fourth-order valence-electron chi connectivity index (χ4n) is 2.49. The first kappa shape index (κ1) is 14.3. The molecule has 0 aliphatic carbocycles. The van der Waals surface area contributed by atoms with Gasteiger partial charge in [0, 0.05) is 36.2 Å². The van der Waals surface area contributed by atoms with Gasteiger partial charge in [0.15, 0.2) is 0 Å². The predicted molar refractivity (Wildman–Crippen MR) is 75.0 cm³/mol. The lowest BCUT2D eigenvalue weighted by Gasteiger charge is -2.47. The number of nitrogens with two attached hydrogens (primary N) is 1. The Kier molecular flexibility index (Phi) is 5.62. The quantitative estimate of drug-likeness (QED) is 0.806. The van der Waals surface area contributed by atoms with Crippen LogP contribution in [0.5, 0.6) is 0 Å². The van der Waals surface area contributed by atoms with Crippen LogP contribution in [0, 0.1) is 5.92 Å². The van der Waals surface area contributed by atoms with E-state index in [0.717, 1.165) is 12.5 Å². The Morgan fingerprint density at radius 2 is 2.19 bits per heavy atom. The third kappa shape index (κ3) is 3.64. The molecule has 1 fully saturated rings. The topological polar surface area (TPSA) is 29.3 Å². The first-order valence-electron chi connectivity index (χ1n) is 6.54. The van der Waals surface area contributed by atoms with Gasteiger partial charge in [-0.25, -0.2) is 0 Å². The first-order chi connectivity index (χ1) is 7.49. The largest absolute Gasteiger partial charge is 0.329 e. The lowest BCUT2D eigenvalue weighted by molar-refractivity contribution is 0.0695. The molecule has 1 aliphatic rings. The second kappa shape index (κ2) is 6.27. The molecule has 1 aliphatic heterocycles. The lowest BCUT2D eigenvalue weighted by atomic mass is 9.89. The van der Waals surface area contributed by atoms with E-state index < -0.39 is 0 Å². The van der Waals surface area contributed by atoms with Gasteiger partial charge in [0.25, 0.3) is 0 Å². The third-order valence-electron chi connectivity index (χ3n) is 3.76. The van der Waals surface area contributed by atoms with Crippen molar-refractivity contribution in [3.8, 4) is 0 Å². The molecule has 96 valence electrons. The third-order valence-corrected chi connectivity index (χ3v) is 4.95. The van der Waals surface area contributed by atoms with E-state index in [-0.39, 0.29) is 5.54 Å². The van der Waals surface area contributed by atoms with Gasteiger partial charge in [-0.2, -0.15) is 11.8 Å². The lowest BCUT2D eigenvalue weighted by Crippen LogP contribution is -2.58. The van der Waals surface area contributed by atoms with Gasteiger partial charge in [0.2, 0.25) is 0 Å². The Morgan fingerprint density at radius 3 is 2.69 bits per heavy atom. The molecule has 2 N–H and O–H groups in total. The van der Waals surface area contributed by atoms with Crippen molar-refractivity contribution < 1.29 is 0 Å². The highest BCUT2D eigenvalue weighted by atomic mass is 32.2. The molecule has 0 amide bonds. The summed E-state index contributed by atoms with van der Waals surface area (Å²) >= 11 is 2.08. The van der Waals surface area contributed by atoms with E-state index in [4.69, 9.17) is 5.73 Å². The van der Waals surface area contributed by atoms with E-state index in [9.17, 15) is 0 Å². The van der Waals surface area contributed by atoms with Gasteiger partial charge < -0.3 is 5.73 Å². The smallest absolute Gasteiger partial charge is 0.0307 e. The molecule has 0 radical (unpaired) electrons. The van der Waals surface area contributed by atoms with Crippen LogP contribution < -0.4 is 5.73 Å². The van der Waals surface area contributed by atoms with Crippen molar-refractivity contribution in [2.75, 3.05) is 24.6 Å². The molecule has 0 saturated carbocycles. The van der Waals surface area contributed by atoms with E-state index in [1.54, 1.807) is 0 Å². The van der Waals surface area contributed by atoms with Gasteiger partial charge in [0.1, 0.15) is 0 Å². The normalized spacial score (nSPS) is 27.0. The zero-order valence-electron chi connectivity index (χ0n) is 11.3. The van der Waals surface area contributed by atoms with Crippen molar-refractivity contribution in [2.24, 2.45) is 11.7 Å². The minimum atomic E-state index is 0.213. The van der Waals surface area contributed by atoms with Crippen LogP contribution >= 0.6 is 11.8 Å². The van der Waals surface area contributed by atoms with E-state index in [1.165, 1.54) is 30.9 Å². The fraction of sp³-hybridized carbons (Fsp3) is 1.00. The average molecular weight is 244 g/mol. The van der Waals surface area contributed by atoms with Gasteiger partial charge in [0.05, 0.1) is 0 Å². The van der Waals surface area contributed by atoms with Crippen molar-refractivity contribution >= 4 is 11.8 Å². The van der Waals surface area contributed by atoms with Crippen LogP contribution in [-0.4, -0.2) is 41.1 Å². The molecule has 1 heterocycles. The number of rotatable bonds is 5. The first-order valence-corrected chi connectivity index (χ1v) is 7.69. The zero-order chi connectivity index (χ0) is 12.2. The van der Waals surface area contributed by atoms with Gasteiger partial charge in [-0.1, -0.05) is 13.8 Å². The molecule has 2 atom stereocenters. The molecule has 0 aromatic rings. The van der Waals surface area contributed by atoms with Gasteiger partial charge >= 0.3 is 0 Å². The zero-order valence-corrected chi connectivity index (χ0v) is 12.1. The van der Waals surface area contributed by atoms with E-state index in [1.807, 2.05) is 0 Å². The van der Waals surface area contributed by atoms with Crippen molar-refractivity contribution in [3.63, 3.8) is 0 Å². The molecule has 1 saturated heterocycles. The van der Waals surface area contributed by atoms with Crippen LogP contribution in [-0.2, 0) is 0 Å². The SMILES string of the molecule is CC(C)CCC(C)(CN)N1CCSCC1C. The second-order valence-corrected chi connectivity index (χ2v) is 6.90. The number of nitrogens with zero attached hydrogens (tertiary/aromatic N) is 1. The summed E-state index contributed by atoms with van der Waals surface area (Å²) in [4.78, 5) is 2.64. The number of hydrogen-bond acceptors (Lipinski definition) is 3. The number of thioether (sulfide) groups is 1. The molecule has 16 heavy (non-hydrogen) atoms. The molecule has 0 aromatic carbocycles. The Bertz CT molecular complexity index is 208. The average Bonchev–Trinajstić information content (AvgIpc) is 2.26. The molecule has 2 unspecified atom stereocenters. The minimum absolute atomic E-state index is 0.213. The second-order valence-electron chi connectivity index (χ2n) is 5.75. The Hall–Kier alpha value is 0.270. The summed E-state index contributed by atoms with van der Waals surface area (Å²) in [5.41, 5.74) is 6.25. The van der Waals surface area contributed by atoms with Gasteiger partial charge in [-0.05, 0) is 32.6 Å². The van der Waals surface area contributed by atoms with E-state index >= 15 is 0 Å². The van der Waals surface area contributed by atoms with Crippen molar-refractivity contribution in [1.82, 2.24) is 4.90 Å². The minimum Gasteiger partial charge on any atom is -0.329 e. The Balaban J connectivity index is 2.61. The highest BCUT2D eigenvalue weighted by molar-refractivity contribution is 7.99. The van der Waals surface area contributed by atoms with E-state index in [0.29, 0.717) is 6.04 Å². The summed E-state index contributed by atoms with van der Waals surface area (Å²) in [6.45, 7) is 11.3. The maximum Gasteiger partial charge on any atom is 0.0307 e. The number of hydrogen-bond donors (Lipinski definition) is 1. The van der Waals surface area contributed by atoms with Crippen molar-refractivity contribution in [2.45, 2.75) is 52.1 Å². The maximum absolute atomic E-state index is 6.04. The van der Waals surface area contributed by atoms with Crippen LogP contribution in [0.3, 0.4) is 0 Å². The molecule has 2 nitrogen and oxygen atoms in total. The van der Waals surface area contributed by atoms with Crippen molar-refractivity contribution in [3.05, 3.63) is 0 Å². The molecule has 0 bridgehead atoms. The summed E-state index contributed by atoms with van der Waals surface area (Å²) in [6.07, 6.45) is 2.51. The summed E-state index contributed by atoms with van der Waals surface area (Å²) in [7, 11) is 0. The highest BCUT2D eigenvalue weighted by Crippen LogP contribution is 2.29. The maximum atomic E-state index is 6.04. The Morgan fingerprint density at radius 1 is 1.50 bits per heavy atom. The van der Waals surface area contributed by atoms with Gasteiger partial charge in [-0.3, -0.25) is 4.90 Å². The summed E-state index contributed by atoms with van der Waals surface area (Å²) < 4.78 is 0. The van der Waals surface area contributed by atoms with Crippen molar-refractivity contribution in [1.29, 1.82) is 0 Å². The standard InChI is InChI=1S/C13H28N2S/c1-11(2)5-6-13(4,10-14)15-7-8-16-9-12(15)3/h11-12H,5-10,14H2,1-4H3. The van der Waals surface area contributed by atoms with Crippen LogP contribution in [0.1, 0.15) is 40.5 Å². The highest BCUT2D eigenvalue weighted by Gasteiger charge is 2.34. The molecule has 3 heteroatoms. The van der Waals surface area contributed by atoms with Gasteiger partial charge in [-0.15, -0.1) is 0 Å². The van der Waals surface area contributed by atoms with Crippen LogP contribution in [0.25, 0.3) is 0 Å². The molecule has 1 rings (SSSR count).